The standard InChI is InChI=1S/C16H23N5O3/c1-7-24-16(23)14-8-13(18-21(14)6)15(22)19(4)9-12-10(2)17-20(5)11(12)3/h8H,7,9H2,1-6H3. The van der Waals surface area contributed by atoms with Crippen molar-refractivity contribution in [2.45, 2.75) is 27.3 Å². The Morgan fingerprint density at radius 2 is 1.88 bits per heavy atom. The summed E-state index contributed by atoms with van der Waals surface area (Å²) in [4.78, 5) is 26.0. The summed E-state index contributed by atoms with van der Waals surface area (Å²) in [6.07, 6.45) is 0. The summed E-state index contributed by atoms with van der Waals surface area (Å²) >= 11 is 0. The van der Waals surface area contributed by atoms with E-state index in [1.807, 2.05) is 20.9 Å². The number of carbonyl (C=O) groups is 2. The normalized spacial score (nSPS) is 10.8. The Bertz CT molecular complexity index is 775. The van der Waals surface area contributed by atoms with E-state index in [0.717, 1.165) is 17.0 Å². The first-order valence-electron chi connectivity index (χ1n) is 7.71. The lowest BCUT2D eigenvalue weighted by Gasteiger charge is -2.16. The maximum absolute atomic E-state index is 12.6. The number of ether oxygens (including phenoxy) is 1. The zero-order chi connectivity index (χ0) is 18.0. The number of esters is 1. The predicted molar refractivity (Wildman–Crippen MR) is 87.6 cm³/mol. The highest BCUT2D eigenvalue weighted by Crippen LogP contribution is 2.16. The molecule has 0 fully saturated rings. The minimum atomic E-state index is -0.492. The van der Waals surface area contributed by atoms with Gasteiger partial charge < -0.3 is 9.64 Å². The molecule has 0 radical (unpaired) electrons. The lowest BCUT2D eigenvalue weighted by atomic mass is 10.2. The molecule has 0 aromatic carbocycles. The Labute approximate surface area is 141 Å². The zero-order valence-electron chi connectivity index (χ0n) is 15.0. The van der Waals surface area contributed by atoms with Gasteiger partial charge in [0.25, 0.3) is 5.91 Å². The second-order valence-electron chi connectivity index (χ2n) is 5.69. The average molecular weight is 333 g/mol. The molecule has 0 saturated heterocycles. The molecule has 0 atom stereocenters. The first kappa shape index (κ1) is 17.7. The van der Waals surface area contributed by atoms with Gasteiger partial charge in [-0.3, -0.25) is 14.2 Å². The highest BCUT2D eigenvalue weighted by Gasteiger charge is 2.22. The molecule has 2 aromatic heterocycles. The van der Waals surface area contributed by atoms with Crippen molar-refractivity contribution in [3.8, 4) is 0 Å². The molecule has 8 nitrogen and oxygen atoms in total. The van der Waals surface area contributed by atoms with Crippen LogP contribution in [0, 0.1) is 13.8 Å². The molecule has 1 amide bonds. The maximum atomic E-state index is 12.6. The topological polar surface area (TPSA) is 82.2 Å². The van der Waals surface area contributed by atoms with Crippen molar-refractivity contribution in [1.82, 2.24) is 24.5 Å². The van der Waals surface area contributed by atoms with Gasteiger partial charge in [0.2, 0.25) is 0 Å². The molecular formula is C16H23N5O3. The lowest BCUT2D eigenvalue weighted by Crippen LogP contribution is -2.27. The van der Waals surface area contributed by atoms with Gasteiger partial charge in [-0.25, -0.2) is 4.79 Å². The summed E-state index contributed by atoms with van der Waals surface area (Å²) in [5, 5.41) is 8.49. The average Bonchev–Trinajstić information content (AvgIpc) is 3.02. The minimum absolute atomic E-state index is 0.210. The largest absolute Gasteiger partial charge is 0.461 e. The molecular weight excluding hydrogens is 310 g/mol. The van der Waals surface area contributed by atoms with E-state index >= 15 is 0 Å². The summed E-state index contributed by atoms with van der Waals surface area (Å²) in [5.74, 6) is -0.753. The zero-order valence-corrected chi connectivity index (χ0v) is 15.0. The molecule has 2 rings (SSSR count). The summed E-state index contributed by atoms with van der Waals surface area (Å²) < 4.78 is 8.11. The molecule has 2 aromatic rings. The predicted octanol–water partition coefficient (Wildman–Crippen LogP) is 1.22. The Hall–Kier alpha value is -2.64. The molecule has 0 bridgehead atoms. The van der Waals surface area contributed by atoms with E-state index in [0.29, 0.717) is 6.54 Å². The monoisotopic (exact) mass is 333 g/mol. The van der Waals surface area contributed by atoms with Gasteiger partial charge in [-0.15, -0.1) is 0 Å². The highest BCUT2D eigenvalue weighted by molar-refractivity contribution is 5.95. The van der Waals surface area contributed by atoms with Crippen LogP contribution >= 0.6 is 0 Å². The second-order valence-corrected chi connectivity index (χ2v) is 5.69. The Kier molecular flexibility index (Phi) is 5.06. The third-order valence-corrected chi connectivity index (χ3v) is 3.98. The quantitative estimate of drug-likeness (QED) is 0.768. The van der Waals surface area contributed by atoms with Crippen LogP contribution in [0.1, 0.15) is 44.9 Å². The van der Waals surface area contributed by atoms with Crippen LogP contribution in [0.3, 0.4) is 0 Å². The molecule has 0 unspecified atom stereocenters. The molecule has 2 heterocycles. The fraction of sp³-hybridized carbons (Fsp3) is 0.500. The van der Waals surface area contributed by atoms with Crippen LogP contribution in [0.5, 0.6) is 0 Å². The molecule has 0 aliphatic rings. The number of aromatic nitrogens is 4. The van der Waals surface area contributed by atoms with E-state index in [1.54, 1.807) is 30.6 Å². The van der Waals surface area contributed by atoms with Gasteiger partial charge >= 0.3 is 5.97 Å². The number of rotatable bonds is 5. The number of hydrogen-bond acceptors (Lipinski definition) is 5. The molecule has 0 saturated carbocycles. The van der Waals surface area contributed by atoms with Gasteiger partial charge in [0.1, 0.15) is 5.69 Å². The Morgan fingerprint density at radius 3 is 2.42 bits per heavy atom. The number of aryl methyl sites for hydroxylation is 3. The smallest absolute Gasteiger partial charge is 0.356 e. The van der Waals surface area contributed by atoms with Crippen molar-refractivity contribution < 1.29 is 14.3 Å². The van der Waals surface area contributed by atoms with Crippen molar-refractivity contribution in [1.29, 1.82) is 0 Å². The Morgan fingerprint density at radius 1 is 1.21 bits per heavy atom. The van der Waals surface area contributed by atoms with E-state index < -0.39 is 5.97 Å². The van der Waals surface area contributed by atoms with Crippen LogP contribution in [0.15, 0.2) is 6.07 Å². The second kappa shape index (κ2) is 6.86. The van der Waals surface area contributed by atoms with Crippen molar-refractivity contribution in [3.63, 3.8) is 0 Å². The van der Waals surface area contributed by atoms with E-state index in [-0.39, 0.29) is 23.9 Å². The summed E-state index contributed by atoms with van der Waals surface area (Å²) in [6.45, 7) is 6.31. The van der Waals surface area contributed by atoms with E-state index in [9.17, 15) is 9.59 Å². The third kappa shape index (κ3) is 3.32. The summed E-state index contributed by atoms with van der Waals surface area (Å²) in [5.41, 5.74) is 3.38. The van der Waals surface area contributed by atoms with Crippen LogP contribution in [-0.4, -0.2) is 50.0 Å². The van der Waals surface area contributed by atoms with Crippen LogP contribution in [-0.2, 0) is 25.4 Å². The first-order valence-corrected chi connectivity index (χ1v) is 7.71. The molecule has 0 aliphatic carbocycles. The first-order chi connectivity index (χ1) is 11.3. The van der Waals surface area contributed by atoms with E-state index in [1.165, 1.54) is 10.7 Å². The van der Waals surface area contributed by atoms with E-state index in [2.05, 4.69) is 10.2 Å². The fourth-order valence-corrected chi connectivity index (χ4v) is 2.52. The third-order valence-electron chi connectivity index (χ3n) is 3.98. The fourth-order valence-electron chi connectivity index (χ4n) is 2.52. The van der Waals surface area contributed by atoms with Gasteiger partial charge in [-0.1, -0.05) is 0 Å². The van der Waals surface area contributed by atoms with Gasteiger partial charge in [0.05, 0.1) is 12.3 Å². The SMILES string of the molecule is CCOC(=O)c1cc(C(=O)N(C)Cc2c(C)nn(C)c2C)nn1C. The molecule has 0 spiro atoms. The van der Waals surface area contributed by atoms with Crippen molar-refractivity contribution in [3.05, 3.63) is 34.4 Å². The number of carbonyl (C=O) groups excluding carboxylic acids is 2. The molecule has 0 aliphatic heterocycles. The minimum Gasteiger partial charge on any atom is -0.461 e. The van der Waals surface area contributed by atoms with Gasteiger partial charge in [0.15, 0.2) is 5.69 Å². The lowest BCUT2D eigenvalue weighted by molar-refractivity contribution is 0.0513. The molecule has 8 heteroatoms. The van der Waals surface area contributed by atoms with Crippen LogP contribution < -0.4 is 0 Å². The molecule has 0 N–H and O–H groups in total. The highest BCUT2D eigenvalue weighted by atomic mass is 16.5. The van der Waals surface area contributed by atoms with Crippen LogP contribution in [0.2, 0.25) is 0 Å². The van der Waals surface area contributed by atoms with Gasteiger partial charge in [0, 0.05) is 45.0 Å². The number of nitrogens with zero attached hydrogens (tertiary/aromatic N) is 5. The molecule has 130 valence electrons. The van der Waals surface area contributed by atoms with Gasteiger partial charge in [-0.2, -0.15) is 10.2 Å². The van der Waals surface area contributed by atoms with Crippen molar-refractivity contribution in [2.24, 2.45) is 14.1 Å². The van der Waals surface area contributed by atoms with Crippen molar-refractivity contribution in [2.75, 3.05) is 13.7 Å². The van der Waals surface area contributed by atoms with Crippen molar-refractivity contribution >= 4 is 11.9 Å². The summed E-state index contributed by atoms with van der Waals surface area (Å²) in [7, 11) is 5.18. The summed E-state index contributed by atoms with van der Waals surface area (Å²) in [6, 6.07) is 1.46. The van der Waals surface area contributed by atoms with E-state index in [4.69, 9.17) is 4.74 Å². The maximum Gasteiger partial charge on any atom is 0.356 e. The molecule has 24 heavy (non-hydrogen) atoms. The van der Waals surface area contributed by atoms with Crippen LogP contribution in [0.25, 0.3) is 0 Å². The Balaban J connectivity index is 2.19. The number of hydrogen-bond donors (Lipinski definition) is 0. The van der Waals surface area contributed by atoms with Crippen LogP contribution in [0.4, 0.5) is 0 Å². The van der Waals surface area contributed by atoms with Gasteiger partial charge in [-0.05, 0) is 20.8 Å². The number of amides is 1.